The van der Waals surface area contributed by atoms with E-state index in [1.807, 2.05) is 6.92 Å². The molecule has 1 aromatic rings. The number of hydrogen-bond acceptors (Lipinski definition) is 3. The summed E-state index contributed by atoms with van der Waals surface area (Å²) in [5.41, 5.74) is 1.61. The molecular formula is C7H13N3O2S. The van der Waals surface area contributed by atoms with E-state index in [9.17, 15) is 8.42 Å². The Morgan fingerprint density at radius 2 is 2.23 bits per heavy atom. The number of nitrogens with one attached hydrogen (secondary N) is 1. The summed E-state index contributed by atoms with van der Waals surface area (Å²) in [6, 6.07) is 0. The molecule has 74 valence electrons. The molecule has 1 rings (SSSR count). The van der Waals surface area contributed by atoms with Crippen molar-refractivity contribution >= 4 is 10.0 Å². The van der Waals surface area contributed by atoms with E-state index >= 15 is 0 Å². The minimum atomic E-state index is -3.19. The van der Waals surface area contributed by atoms with Gasteiger partial charge in [0.15, 0.2) is 0 Å². The third-order valence-corrected chi connectivity index (χ3v) is 3.31. The maximum absolute atomic E-state index is 11.2. The monoisotopic (exact) mass is 203 g/mol. The lowest BCUT2D eigenvalue weighted by Crippen LogP contribution is -2.20. The summed E-state index contributed by atoms with van der Waals surface area (Å²) in [6.07, 6.45) is 1.57. The molecule has 0 fully saturated rings. The Bertz CT molecular complexity index is 394. The van der Waals surface area contributed by atoms with Crippen molar-refractivity contribution in [3.05, 3.63) is 17.5 Å². The Balaban J connectivity index is 2.93. The summed E-state index contributed by atoms with van der Waals surface area (Å²) >= 11 is 0. The van der Waals surface area contributed by atoms with E-state index in [1.165, 1.54) is 7.05 Å². The molecule has 0 amide bonds. The first kappa shape index (κ1) is 10.2. The topological polar surface area (TPSA) is 64.0 Å². The lowest BCUT2D eigenvalue weighted by Gasteiger charge is -2.01. The van der Waals surface area contributed by atoms with Crippen LogP contribution in [0.3, 0.4) is 0 Å². The summed E-state index contributed by atoms with van der Waals surface area (Å²) in [4.78, 5) is 0. The van der Waals surface area contributed by atoms with Crippen LogP contribution < -0.4 is 4.72 Å². The van der Waals surface area contributed by atoms with E-state index in [0.29, 0.717) is 0 Å². The van der Waals surface area contributed by atoms with Crippen LogP contribution in [0.2, 0.25) is 0 Å². The van der Waals surface area contributed by atoms with Crippen molar-refractivity contribution < 1.29 is 8.42 Å². The molecule has 6 heteroatoms. The molecule has 0 saturated carbocycles. The molecule has 5 nitrogen and oxygen atoms in total. The molecule has 0 aliphatic carbocycles. The van der Waals surface area contributed by atoms with Gasteiger partial charge in [0.1, 0.15) is 0 Å². The third kappa shape index (κ3) is 2.28. The average Bonchev–Trinajstić information content (AvgIpc) is 2.36. The second-order valence-electron chi connectivity index (χ2n) is 2.84. The Labute approximate surface area is 77.8 Å². The van der Waals surface area contributed by atoms with Crippen molar-refractivity contribution in [1.82, 2.24) is 14.5 Å². The lowest BCUT2D eigenvalue weighted by molar-refractivity contribution is 0.587. The van der Waals surface area contributed by atoms with E-state index < -0.39 is 10.0 Å². The maximum atomic E-state index is 11.2. The molecule has 0 bridgehead atoms. The predicted octanol–water partition coefficient (Wildman–Crippen LogP) is -0.222. The molecule has 1 heterocycles. The lowest BCUT2D eigenvalue weighted by atomic mass is 10.3. The van der Waals surface area contributed by atoms with E-state index in [-0.39, 0.29) is 5.75 Å². The van der Waals surface area contributed by atoms with Crippen molar-refractivity contribution in [2.45, 2.75) is 12.7 Å². The highest BCUT2D eigenvalue weighted by atomic mass is 32.2. The van der Waals surface area contributed by atoms with Crippen molar-refractivity contribution in [2.75, 3.05) is 7.05 Å². The standard InChI is InChI=1S/C7H13N3O2S/c1-6-7(4-9-10(6)3)5-13(11,12)8-2/h4,8H,5H2,1-3H3. The van der Waals surface area contributed by atoms with Gasteiger partial charge in [-0.15, -0.1) is 0 Å². The largest absolute Gasteiger partial charge is 0.273 e. The number of aromatic nitrogens is 2. The molecule has 1 N–H and O–H groups in total. The molecule has 0 aromatic carbocycles. The SMILES string of the molecule is CNS(=O)(=O)Cc1cnn(C)c1C. The molecule has 0 aliphatic heterocycles. The summed E-state index contributed by atoms with van der Waals surface area (Å²) in [5.74, 6) is -0.0107. The molecule has 0 unspecified atom stereocenters. The fourth-order valence-corrected chi connectivity index (χ4v) is 1.80. The molecule has 0 aliphatic rings. The first-order chi connectivity index (χ1) is 5.96. The van der Waals surface area contributed by atoms with Crippen LogP contribution in [0.25, 0.3) is 0 Å². The number of hydrogen-bond donors (Lipinski definition) is 1. The Morgan fingerprint density at radius 3 is 2.62 bits per heavy atom. The van der Waals surface area contributed by atoms with Crippen molar-refractivity contribution in [2.24, 2.45) is 7.05 Å². The Kier molecular flexibility index (Phi) is 2.72. The van der Waals surface area contributed by atoms with Crippen molar-refractivity contribution in [3.63, 3.8) is 0 Å². The predicted molar refractivity (Wildman–Crippen MR) is 49.6 cm³/mol. The first-order valence-electron chi connectivity index (χ1n) is 3.85. The number of sulfonamides is 1. The van der Waals surface area contributed by atoms with Gasteiger partial charge in [-0.25, -0.2) is 13.1 Å². The van der Waals surface area contributed by atoms with Crippen LogP contribution in [0, 0.1) is 6.92 Å². The molecule has 0 atom stereocenters. The van der Waals surface area contributed by atoms with Crippen LogP contribution in [0.1, 0.15) is 11.3 Å². The van der Waals surface area contributed by atoms with Gasteiger partial charge in [0.25, 0.3) is 0 Å². The van der Waals surface area contributed by atoms with Gasteiger partial charge in [0.2, 0.25) is 10.0 Å². The van der Waals surface area contributed by atoms with Crippen LogP contribution in [0.5, 0.6) is 0 Å². The normalized spacial score (nSPS) is 11.9. The second kappa shape index (κ2) is 3.47. The Hall–Kier alpha value is -0.880. The zero-order valence-corrected chi connectivity index (χ0v) is 8.72. The maximum Gasteiger partial charge on any atom is 0.215 e. The fraction of sp³-hybridized carbons (Fsp3) is 0.571. The highest BCUT2D eigenvalue weighted by Crippen LogP contribution is 2.08. The highest BCUT2D eigenvalue weighted by molar-refractivity contribution is 7.88. The number of aryl methyl sites for hydroxylation is 1. The highest BCUT2D eigenvalue weighted by Gasteiger charge is 2.12. The van der Waals surface area contributed by atoms with Crippen molar-refractivity contribution in [3.8, 4) is 0 Å². The molecule has 0 spiro atoms. The molecule has 0 saturated heterocycles. The minimum Gasteiger partial charge on any atom is -0.273 e. The second-order valence-corrected chi connectivity index (χ2v) is 4.77. The van der Waals surface area contributed by atoms with Crippen LogP contribution in [0.4, 0.5) is 0 Å². The van der Waals surface area contributed by atoms with Crippen molar-refractivity contribution in [1.29, 1.82) is 0 Å². The fourth-order valence-electron chi connectivity index (χ4n) is 0.963. The van der Waals surface area contributed by atoms with Gasteiger partial charge in [-0.05, 0) is 14.0 Å². The smallest absolute Gasteiger partial charge is 0.215 e. The summed E-state index contributed by atoms with van der Waals surface area (Å²) < 4.78 is 26.3. The Morgan fingerprint density at radius 1 is 1.62 bits per heavy atom. The molecular weight excluding hydrogens is 190 g/mol. The first-order valence-corrected chi connectivity index (χ1v) is 5.50. The van der Waals surface area contributed by atoms with Gasteiger partial charge in [-0.2, -0.15) is 5.10 Å². The van der Waals surface area contributed by atoms with Crippen LogP contribution in [-0.4, -0.2) is 25.2 Å². The minimum absolute atomic E-state index is 0.0107. The number of nitrogens with zero attached hydrogens (tertiary/aromatic N) is 2. The third-order valence-electron chi connectivity index (χ3n) is 1.99. The van der Waals surface area contributed by atoms with Crippen LogP contribution in [0.15, 0.2) is 6.20 Å². The van der Waals surface area contributed by atoms with E-state index in [1.54, 1.807) is 17.9 Å². The van der Waals surface area contributed by atoms with E-state index in [2.05, 4.69) is 9.82 Å². The van der Waals surface area contributed by atoms with E-state index in [4.69, 9.17) is 0 Å². The molecule has 0 radical (unpaired) electrons. The van der Waals surface area contributed by atoms with Gasteiger partial charge in [-0.1, -0.05) is 0 Å². The van der Waals surface area contributed by atoms with Gasteiger partial charge >= 0.3 is 0 Å². The zero-order valence-electron chi connectivity index (χ0n) is 7.90. The van der Waals surface area contributed by atoms with Crippen LogP contribution in [-0.2, 0) is 22.8 Å². The quantitative estimate of drug-likeness (QED) is 0.738. The summed E-state index contributed by atoms with van der Waals surface area (Å²) in [7, 11) is 0.00132. The molecule has 1 aromatic heterocycles. The number of rotatable bonds is 3. The van der Waals surface area contributed by atoms with Crippen LogP contribution >= 0.6 is 0 Å². The van der Waals surface area contributed by atoms with E-state index in [0.717, 1.165) is 11.3 Å². The van der Waals surface area contributed by atoms with Gasteiger partial charge in [0.05, 0.1) is 11.9 Å². The van der Waals surface area contributed by atoms with Gasteiger partial charge < -0.3 is 0 Å². The van der Waals surface area contributed by atoms with Gasteiger partial charge in [0, 0.05) is 18.3 Å². The average molecular weight is 203 g/mol. The molecule has 13 heavy (non-hydrogen) atoms. The zero-order chi connectivity index (χ0) is 10.1. The summed E-state index contributed by atoms with van der Waals surface area (Å²) in [5, 5.41) is 3.96. The summed E-state index contributed by atoms with van der Waals surface area (Å²) in [6.45, 7) is 1.84. The van der Waals surface area contributed by atoms with Gasteiger partial charge in [-0.3, -0.25) is 4.68 Å².